The number of rotatable bonds is 6. The molecule has 17 heavy (non-hydrogen) atoms. The summed E-state index contributed by atoms with van der Waals surface area (Å²) in [6.45, 7) is 0.920. The zero-order valence-corrected chi connectivity index (χ0v) is 9.21. The highest BCUT2D eigenvalue weighted by atomic mass is 19.4. The number of carbonyl (C=O) groups is 2. The van der Waals surface area contributed by atoms with Crippen LogP contribution >= 0.6 is 0 Å². The summed E-state index contributed by atoms with van der Waals surface area (Å²) in [6.07, 6.45) is -3.81. The van der Waals surface area contributed by atoms with Crippen molar-refractivity contribution < 1.29 is 32.6 Å². The van der Waals surface area contributed by atoms with E-state index in [0.29, 0.717) is 6.42 Å². The molecule has 0 spiro atoms. The molecule has 8 heteroatoms. The fourth-order valence-corrected chi connectivity index (χ4v) is 0.837. The van der Waals surface area contributed by atoms with Gasteiger partial charge in [0.1, 0.15) is 0 Å². The first-order chi connectivity index (χ1) is 7.82. The van der Waals surface area contributed by atoms with Gasteiger partial charge in [-0.1, -0.05) is 13.3 Å². The first-order valence-electron chi connectivity index (χ1n) is 4.98. The summed E-state index contributed by atoms with van der Waals surface area (Å²) in [5.74, 6) is -3.37. The fraction of sp³-hybridized carbons (Fsp3) is 0.778. The van der Waals surface area contributed by atoms with Crippen molar-refractivity contribution in [3.63, 3.8) is 0 Å². The lowest BCUT2D eigenvalue weighted by Gasteiger charge is -2.16. The summed E-state index contributed by atoms with van der Waals surface area (Å²) in [5, 5.41) is 10.0. The highest BCUT2D eigenvalue weighted by molar-refractivity contribution is 5.87. The van der Waals surface area contributed by atoms with E-state index in [1.807, 2.05) is 6.92 Å². The van der Waals surface area contributed by atoms with E-state index in [2.05, 4.69) is 4.74 Å². The van der Waals surface area contributed by atoms with Gasteiger partial charge in [0, 0.05) is 0 Å². The molecule has 0 fully saturated rings. The van der Waals surface area contributed by atoms with E-state index in [0.717, 1.165) is 6.42 Å². The Bertz CT molecular complexity index is 267. The lowest BCUT2D eigenvalue weighted by molar-refractivity contribution is -0.176. The number of nitrogens with one attached hydrogen (secondary N) is 1. The molecule has 0 aromatic carbocycles. The molecule has 1 amide bonds. The van der Waals surface area contributed by atoms with Crippen molar-refractivity contribution in [3.8, 4) is 0 Å². The maximum atomic E-state index is 11.9. The second kappa shape index (κ2) is 7.10. The summed E-state index contributed by atoms with van der Waals surface area (Å²) in [5.41, 5.74) is 0. The van der Waals surface area contributed by atoms with Gasteiger partial charge in [-0.2, -0.15) is 13.2 Å². The number of esters is 1. The Morgan fingerprint density at radius 3 is 2.41 bits per heavy atom. The summed E-state index contributed by atoms with van der Waals surface area (Å²) in [6, 6.07) is -1.69. The molecule has 1 atom stereocenters. The van der Waals surface area contributed by atoms with Crippen LogP contribution in [0.5, 0.6) is 0 Å². The van der Waals surface area contributed by atoms with Gasteiger partial charge in [-0.25, -0.2) is 4.79 Å². The average molecular weight is 257 g/mol. The Hall–Kier alpha value is -1.31. The van der Waals surface area contributed by atoms with Crippen molar-refractivity contribution in [1.82, 2.24) is 5.32 Å². The average Bonchev–Trinajstić information content (AvgIpc) is 2.24. The largest absolute Gasteiger partial charge is 0.471 e. The minimum atomic E-state index is -5.10. The van der Waals surface area contributed by atoms with Crippen molar-refractivity contribution in [2.45, 2.75) is 32.0 Å². The third-order valence-corrected chi connectivity index (χ3v) is 1.77. The van der Waals surface area contributed by atoms with E-state index in [9.17, 15) is 22.8 Å². The molecule has 0 rings (SSSR count). The lowest BCUT2D eigenvalue weighted by Crippen LogP contribution is -2.49. The van der Waals surface area contributed by atoms with E-state index >= 15 is 0 Å². The molecule has 0 aromatic heterocycles. The van der Waals surface area contributed by atoms with E-state index in [4.69, 9.17) is 5.11 Å². The Labute approximate surface area is 95.9 Å². The Morgan fingerprint density at radius 2 is 2.00 bits per heavy atom. The van der Waals surface area contributed by atoms with E-state index < -0.39 is 30.7 Å². The SMILES string of the molecule is CCCCOC(=O)[C@H](CO)NC(=O)C(F)(F)F. The molecular formula is C9H14F3NO4. The molecule has 0 aromatic rings. The predicted molar refractivity (Wildman–Crippen MR) is 50.9 cm³/mol. The number of hydrogen-bond donors (Lipinski definition) is 2. The van der Waals surface area contributed by atoms with Crippen molar-refractivity contribution in [3.05, 3.63) is 0 Å². The number of halogens is 3. The van der Waals surface area contributed by atoms with Gasteiger partial charge in [0.05, 0.1) is 13.2 Å². The van der Waals surface area contributed by atoms with E-state index in [1.54, 1.807) is 0 Å². The van der Waals surface area contributed by atoms with Crippen LogP contribution in [0.3, 0.4) is 0 Å². The Kier molecular flexibility index (Phi) is 6.55. The molecule has 0 heterocycles. The monoisotopic (exact) mass is 257 g/mol. The number of alkyl halides is 3. The van der Waals surface area contributed by atoms with Gasteiger partial charge in [0.2, 0.25) is 0 Å². The molecule has 0 unspecified atom stereocenters. The van der Waals surface area contributed by atoms with Crippen LogP contribution in [-0.4, -0.2) is 42.4 Å². The molecule has 5 nitrogen and oxygen atoms in total. The van der Waals surface area contributed by atoms with Crippen LogP contribution in [-0.2, 0) is 14.3 Å². The third kappa shape index (κ3) is 6.10. The van der Waals surface area contributed by atoms with E-state index in [1.165, 1.54) is 5.32 Å². The molecule has 100 valence electrons. The Morgan fingerprint density at radius 1 is 1.41 bits per heavy atom. The van der Waals surface area contributed by atoms with Crippen LogP contribution in [0.4, 0.5) is 13.2 Å². The van der Waals surface area contributed by atoms with Crippen LogP contribution in [0.15, 0.2) is 0 Å². The summed E-state index contributed by atoms with van der Waals surface area (Å²) in [4.78, 5) is 21.7. The number of aliphatic hydroxyl groups excluding tert-OH is 1. The van der Waals surface area contributed by atoms with Gasteiger partial charge in [0.25, 0.3) is 0 Å². The molecular weight excluding hydrogens is 243 g/mol. The fourth-order valence-electron chi connectivity index (χ4n) is 0.837. The predicted octanol–water partition coefficient (Wildman–Crippen LogP) is 0.369. The molecule has 0 saturated heterocycles. The van der Waals surface area contributed by atoms with Crippen LogP contribution in [0, 0.1) is 0 Å². The zero-order chi connectivity index (χ0) is 13.5. The van der Waals surface area contributed by atoms with Crippen LogP contribution in [0.25, 0.3) is 0 Å². The zero-order valence-electron chi connectivity index (χ0n) is 9.21. The van der Waals surface area contributed by atoms with Gasteiger partial charge in [-0.15, -0.1) is 0 Å². The van der Waals surface area contributed by atoms with Crippen LogP contribution < -0.4 is 5.32 Å². The molecule has 0 aliphatic carbocycles. The molecule has 0 aliphatic rings. The quantitative estimate of drug-likeness (QED) is 0.532. The number of amides is 1. The second-order valence-electron chi connectivity index (χ2n) is 3.23. The minimum absolute atomic E-state index is 0.0354. The normalized spacial score (nSPS) is 13.0. The highest BCUT2D eigenvalue weighted by Gasteiger charge is 2.40. The van der Waals surface area contributed by atoms with Crippen LogP contribution in [0.1, 0.15) is 19.8 Å². The van der Waals surface area contributed by atoms with Gasteiger partial charge >= 0.3 is 18.1 Å². The lowest BCUT2D eigenvalue weighted by atomic mass is 10.3. The second-order valence-corrected chi connectivity index (χ2v) is 3.23. The van der Waals surface area contributed by atoms with Gasteiger partial charge in [-0.3, -0.25) is 4.79 Å². The van der Waals surface area contributed by atoms with Crippen molar-refractivity contribution >= 4 is 11.9 Å². The molecule has 0 radical (unpaired) electrons. The molecule has 0 aliphatic heterocycles. The first-order valence-corrected chi connectivity index (χ1v) is 4.98. The number of carbonyl (C=O) groups excluding carboxylic acids is 2. The smallest absolute Gasteiger partial charge is 0.464 e. The molecule has 0 bridgehead atoms. The van der Waals surface area contributed by atoms with Crippen LogP contribution in [0.2, 0.25) is 0 Å². The number of unbranched alkanes of at least 4 members (excludes halogenated alkanes) is 1. The third-order valence-electron chi connectivity index (χ3n) is 1.77. The summed E-state index contributed by atoms with van der Waals surface area (Å²) < 4.78 is 40.2. The molecule has 0 saturated carbocycles. The highest BCUT2D eigenvalue weighted by Crippen LogP contribution is 2.14. The van der Waals surface area contributed by atoms with Crippen molar-refractivity contribution in [1.29, 1.82) is 0 Å². The number of aliphatic hydroxyl groups is 1. The van der Waals surface area contributed by atoms with Crippen molar-refractivity contribution in [2.24, 2.45) is 0 Å². The Balaban J connectivity index is 4.23. The maximum Gasteiger partial charge on any atom is 0.471 e. The topological polar surface area (TPSA) is 75.6 Å². The maximum absolute atomic E-state index is 11.9. The standard InChI is InChI=1S/C9H14F3NO4/c1-2-3-4-17-7(15)6(5-14)13-8(16)9(10,11)12/h6,14H,2-5H2,1H3,(H,13,16)/t6-/m0/s1. The molecule has 2 N–H and O–H groups in total. The summed E-state index contributed by atoms with van der Waals surface area (Å²) in [7, 11) is 0. The van der Waals surface area contributed by atoms with Crippen molar-refractivity contribution in [2.75, 3.05) is 13.2 Å². The summed E-state index contributed by atoms with van der Waals surface area (Å²) >= 11 is 0. The number of ether oxygens (including phenoxy) is 1. The minimum Gasteiger partial charge on any atom is -0.464 e. The van der Waals surface area contributed by atoms with E-state index in [-0.39, 0.29) is 6.61 Å². The first kappa shape index (κ1) is 15.7. The van der Waals surface area contributed by atoms with Gasteiger partial charge in [0.15, 0.2) is 6.04 Å². The number of hydrogen-bond acceptors (Lipinski definition) is 4. The van der Waals surface area contributed by atoms with Gasteiger partial charge < -0.3 is 15.2 Å². The van der Waals surface area contributed by atoms with Gasteiger partial charge in [-0.05, 0) is 6.42 Å².